The molecule has 2 N–H and O–H groups in total. The summed E-state index contributed by atoms with van der Waals surface area (Å²) in [5, 5.41) is 11.9. The number of aryl methyl sites for hydroxylation is 2. The number of benzene rings is 1. The summed E-state index contributed by atoms with van der Waals surface area (Å²) < 4.78 is 11.2. The largest absolute Gasteiger partial charge is 0.481 e. The minimum atomic E-state index is -1.03. The number of hydrogen-bond acceptors (Lipinski definition) is 4. The van der Waals surface area contributed by atoms with Crippen LogP contribution in [0.5, 0.6) is 0 Å². The molecule has 1 amide bonds. The van der Waals surface area contributed by atoms with Crippen LogP contribution >= 0.6 is 0 Å². The molecule has 6 nitrogen and oxygen atoms in total. The highest BCUT2D eigenvalue weighted by atomic mass is 16.5. The average molecular weight is 371 g/mol. The second-order valence-electron chi connectivity index (χ2n) is 7.10. The number of carbonyl (C=O) groups is 2. The summed E-state index contributed by atoms with van der Waals surface area (Å²) in [5.74, 6) is -0.975. The molecule has 2 aromatic rings. The van der Waals surface area contributed by atoms with Crippen molar-refractivity contribution in [3.8, 4) is 0 Å². The zero-order valence-corrected chi connectivity index (χ0v) is 15.7. The molecular formula is C21H25NO5. The number of amides is 1. The Labute approximate surface area is 158 Å². The Morgan fingerprint density at radius 2 is 1.96 bits per heavy atom. The standard InChI is InChI=1S/C21H25NO5/c1-13-5-7-15(8-6-13)20-16(4-3-9-26-20)11-22-21(25)19-14(2)12-27-17(19)10-18(23)24/h5-8,12,16,20H,3-4,9-11H2,1-2H3,(H,22,25)(H,23,24). The van der Waals surface area contributed by atoms with Crippen molar-refractivity contribution < 1.29 is 23.8 Å². The van der Waals surface area contributed by atoms with Crippen molar-refractivity contribution in [2.75, 3.05) is 13.2 Å². The summed E-state index contributed by atoms with van der Waals surface area (Å²) in [6, 6.07) is 8.28. The molecule has 1 aliphatic heterocycles. The van der Waals surface area contributed by atoms with Crippen molar-refractivity contribution in [2.24, 2.45) is 5.92 Å². The maximum Gasteiger partial charge on any atom is 0.311 e. The van der Waals surface area contributed by atoms with Crippen LogP contribution in [0.2, 0.25) is 0 Å². The molecule has 144 valence electrons. The molecule has 3 rings (SSSR count). The molecule has 1 aliphatic rings. The minimum Gasteiger partial charge on any atom is -0.481 e. The SMILES string of the molecule is Cc1ccc(C2OCCCC2CNC(=O)c2c(C)coc2CC(=O)O)cc1. The van der Waals surface area contributed by atoms with Crippen LogP contribution < -0.4 is 5.32 Å². The van der Waals surface area contributed by atoms with Crippen LogP contribution in [0.4, 0.5) is 0 Å². The summed E-state index contributed by atoms with van der Waals surface area (Å²) in [7, 11) is 0. The zero-order chi connectivity index (χ0) is 19.4. The predicted molar refractivity (Wildman–Crippen MR) is 99.7 cm³/mol. The molecule has 1 aromatic carbocycles. The van der Waals surface area contributed by atoms with Gasteiger partial charge in [-0.25, -0.2) is 0 Å². The van der Waals surface area contributed by atoms with Crippen molar-refractivity contribution in [1.29, 1.82) is 0 Å². The minimum absolute atomic E-state index is 0.0522. The summed E-state index contributed by atoms with van der Waals surface area (Å²) in [4.78, 5) is 23.6. The number of carboxylic acids is 1. The fourth-order valence-corrected chi connectivity index (χ4v) is 3.56. The highest BCUT2D eigenvalue weighted by Crippen LogP contribution is 2.33. The molecule has 0 spiro atoms. The second kappa shape index (κ2) is 8.39. The van der Waals surface area contributed by atoms with Gasteiger partial charge < -0.3 is 19.6 Å². The number of carboxylic acid groups (broad SMARTS) is 1. The summed E-state index contributed by atoms with van der Waals surface area (Å²) in [6.45, 7) is 4.97. The molecule has 0 aliphatic carbocycles. The van der Waals surface area contributed by atoms with Crippen LogP contribution in [0.15, 0.2) is 34.9 Å². The van der Waals surface area contributed by atoms with Crippen molar-refractivity contribution >= 4 is 11.9 Å². The zero-order valence-electron chi connectivity index (χ0n) is 15.7. The van der Waals surface area contributed by atoms with Gasteiger partial charge in [-0.3, -0.25) is 9.59 Å². The molecule has 1 fully saturated rings. The first-order chi connectivity index (χ1) is 13.0. The van der Waals surface area contributed by atoms with Crippen LogP contribution in [-0.4, -0.2) is 30.1 Å². The third-order valence-corrected chi connectivity index (χ3v) is 4.97. The third kappa shape index (κ3) is 4.57. The van der Waals surface area contributed by atoms with E-state index in [-0.39, 0.29) is 30.1 Å². The van der Waals surface area contributed by atoms with Crippen molar-refractivity contribution in [2.45, 2.75) is 39.2 Å². The van der Waals surface area contributed by atoms with Crippen molar-refractivity contribution in [3.63, 3.8) is 0 Å². The van der Waals surface area contributed by atoms with Gasteiger partial charge in [-0.2, -0.15) is 0 Å². The highest BCUT2D eigenvalue weighted by Gasteiger charge is 2.29. The maximum absolute atomic E-state index is 12.7. The van der Waals surface area contributed by atoms with Crippen LogP contribution in [0.1, 0.15) is 51.8 Å². The van der Waals surface area contributed by atoms with E-state index in [1.165, 1.54) is 11.8 Å². The lowest BCUT2D eigenvalue weighted by molar-refractivity contribution is -0.136. The monoisotopic (exact) mass is 371 g/mol. The molecule has 0 saturated carbocycles. The molecular weight excluding hydrogens is 346 g/mol. The Bertz CT molecular complexity index is 808. The fourth-order valence-electron chi connectivity index (χ4n) is 3.56. The predicted octanol–water partition coefficient (Wildman–Crippen LogP) is 3.42. The van der Waals surface area contributed by atoms with Gasteiger partial charge in [-0.1, -0.05) is 29.8 Å². The number of furan rings is 1. The van der Waals surface area contributed by atoms with E-state index in [9.17, 15) is 9.59 Å². The smallest absolute Gasteiger partial charge is 0.311 e. The lowest BCUT2D eigenvalue weighted by atomic mass is 9.89. The summed E-state index contributed by atoms with van der Waals surface area (Å²) >= 11 is 0. The number of rotatable bonds is 6. The van der Waals surface area contributed by atoms with E-state index in [4.69, 9.17) is 14.3 Å². The van der Waals surface area contributed by atoms with Gasteiger partial charge in [0.1, 0.15) is 12.2 Å². The number of ether oxygens (including phenoxy) is 1. The van der Waals surface area contributed by atoms with Crippen LogP contribution in [0.25, 0.3) is 0 Å². The molecule has 6 heteroatoms. The Balaban J connectivity index is 1.69. The summed E-state index contributed by atoms with van der Waals surface area (Å²) in [6.07, 6.45) is 2.98. The molecule has 2 heterocycles. The van der Waals surface area contributed by atoms with Crippen LogP contribution in [0, 0.1) is 19.8 Å². The average Bonchev–Trinajstić information content (AvgIpc) is 3.00. The molecule has 27 heavy (non-hydrogen) atoms. The Kier molecular flexibility index (Phi) is 5.96. The molecule has 2 atom stereocenters. The van der Waals surface area contributed by atoms with Crippen LogP contribution in [0.3, 0.4) is 0 Å². The van der Waals surface area contributed by atoms with Gasteiger partial charge in [-0.05, 0) is 32.3 Å². The van der Waals surface area contributed by atoms with E-state index in [0.29, 0.717) is 24.3 Å². The topological polar surface area (TPSA) is 88.8 Å². The molecule has 0 bridgehead atoms. The van der Waals surface area contributed by atoms with Gasteiger partial charge >= 0.3 is 5.97 Å². The quantitative estimate of drug-likeness (QED) is 0.812. The fraction of sp³-hybridized carbons (Fsp3) is 0.429. The normalized spacial score (nSPS) is 19.6. The second-order valence-corrected chi connectivity index (χ2v) is 7.10. The molecule has 0 radical (unpaired) electrons. The van der Waals surface area contributed by atoms with Crippen LogP contribution in [-0.2, 0) is 16.0 Å². The van der Waals surface area contributed by atoms with Crippen molar-refractivity contribution in [3.05, 3.63) is 58.5 Å². The lowest BCUT2D eigenvalue weighted by Gasteiger charge is -2.32. The maximum atomic E-state index is 12.7. The lowest BCUT2D eigenvalue weighted by Crippen LogP contribution is -2.35. The number of carbonyl (C=O) groups excluding carboxylic acids is 1. The number of aliphatic carboxylic acids is 1. The van der Waals surface area contributed by atoms with E-state index in [2.05, 4.69) is 29.6 Å². The Morgan fingerprint density at radius 1 is 1.22 bits per heavy atom. The summed E-state index contributed by atoms with van der Waals surface area (Å²) in [5.41, 5.74) is 3.27. The Hall–Kier alpha value is -2.60. The number of hydrogen-bond donors (Lipinski definition) is 2. The van der Waals surface area contributed by atoms with E-state index in [1.54, 1.807) is 6.92 Å². The van der Waals surface area contributed by atoms with Gasteiger partial charge in [0.25, 0.3) is 5.91 Å². The molecule has 1 saturated heterocycles. The number of nitrogens with one attached hydrogen (secondary N) is 1. The third-order valence-electron chi connectivity index (χ3n) is 4.97. The molecule has 2 unspecified atom stereocenters. The van der Waals surface area contributed by atoms with Gasteiger partial charge in [-0.15, -0.1) is 0 Å². The van der Waals surface area contributed by atoms with Crippen molar-refractivity contribution in [1.82, 2.24) is 5.32 Å². The van der Waals surface area contributed by atoms with E-state index in [1.807, 2.05) is 6.92 Å². The first-order valence-electron chi connectivity index (χ1n) is 9.21. The van der Waals surface area contributed by atoms with E-state index < -0.39 is 5.97 Å². The van der Waals surface area contributed by atoms with Gasteiger partial charge in [0, 0.05) is 24.6 Å². The van der Waals surface area contributed by atoms with Gasteiger partial charge in [0.15, 0.2) is 0 Å². The van der Waals surface area contributed by atoms with E-state index in [0.717, 1.165) is 18.4 Å². The first-order valence-corrected chi connectivity index (χ1v) is 9.21. The Morgan fingerprint density at radius 3 is 2.67 bits per heavy atom. The van der Waals surface area contributed by atoms with Gasteiger partial charge in [0.05, 0.1) is 17.9 Å². The molecule has 1 aromatic heterocycles. The highest BCUT2D eigenvalue weighted by molar-refractivity contribution is 5.97. The first kappa shape index (κ1) is 19.2. The van der Waals surface area contributed by atoms with E-state index >= 15 is 0 Å². The van der Waals surface area contributed by atoms with Gasteiger partial charge in [0.2, 0.25) is 0 Å².